The number of hydrogen-bond acceptors (Lipinski definition) is 3. The summed E-state index contributed by atoms with van der Waals surface area (Å²) in [6, 6.07) is 7.31. The molecule has 1 aromatic carbocycles. The van der Waals surface area contributed by atoms with Crippen LogP contribution in [0.15, 0.2) is 36.7 Å². The summed E-state index contributed by atoms with van der Waals surface area (Å²) in [4.78, 5) is 29.7. The Kier molecular flexibility index (Phi) is 3.47. The number of aromatic nitrogens is 1. The molecule has 2 heterocycles. The number of benzene rings is 1. The molecule has 1 amide bonds. The molecule has 0 aliphatic carbocycles. The van der Waals surface area contributed by atoms with Gasteiger partial charge in [-0.25, -0.2) is 0 Å². The van der Waals surface area contributed by atoms with Crippen LogP contribution < -0.4 is 4.90 Å². The second-order valence-electron chi connectivity index (χ2n) is 4.89. The van der Waals surface area contributed by atoms with E-state index >= 15 is 0 Å². The summed E-state index contributed by atoms with van der Waals surface area (Å²) in [5, 5.41) is 0.483. The van der Waals surface area contributed by atoms with Crippen LogP contribution in [0.4, 0.5) is 5.69 Å². The Morgan fingerprint density at radius 2 is 2.05 bits per heavy atom. The zero-order valence-electron chi connectivity index (χ0n) is 11.5. The molecule has 1 aromatic heterocycles. The van der Waals surface area contributed by atoms with E-state index < -0.39 is 11.7 Å². The van der Waals surface area contributed by atoms with Gasteiger partial charge in [-0.2, -0.15) is 0 Å². The van der Waals surface area contributed by atoms with Crippen LogP contribution in [0.5, 0.6) is 0 Å². The monoisotopic (exact) mass is 300 g/mol. The van der Waals surface area contributed by atoms with E-state index in [9.17, 15) is 9.59 Å². The molecule has 0 radical (unpaired) electrons. The molecule has 1 aliphatic heterocycles. The number of fused-ring (bicyclic) bond motifs is 1. The number of halogens is 1. The van der Waals surface area contributed by atoms with Crippen molar-refractivity contribution in [2.75, 3.05) is 4.90 Å². The second-order valence-corrected chi connectivity index (χ2v) is 5.30. The van der Waals surface area contributed by atoms with E-state index in [1.165, 1.54) is 11.1 Å². The maximum atomic E-state index is 12.2. The highest BCUT2D eigenvalue weighted by Crippen LogP contribution is 2.32. The molecule has 0 bridgehead atoms. The van der Waals surface area contributed by atoms with Crippen molar-refractivity contribution in [1.82, 2.24) is 4.98 Å². The van der Waals surface area contributed by atoms with Crippen LogP contribution in [0, 0.1) is 0 Å². The third kappa shape index (κ3) is 2.32. The Balaban J connectivity index is 2.00. The summed E-state index contributed by atoms with van der Waals surface area (Å²) in [7, 11) is 0. The SMILES string of the molecule is CCc1ccc2c(c1)C(=O)C(=O)N2Cc1ccncc1Cl. The maximum Gasteiger partial charge on any atom is 0.299 e. The number of rotatable bonds is 3. The van der Waals surface area contributed by atoms with Crippen LogP contribution in [-0.2, 0) is 17.8 Å². The number of hydrogen-bond donors (Lipinski definition) is 0. The summed E-state index contributed by atoms with van der Waals surface area (Å²) in [5.74, 6) is -0.961. The van der Waals surface area contributed by atoms with Crippen molar-refractivity contribution in [3.8, 4) is 0 Å². The molecule has 3 rings (SSSR count). The van der Waals surface area contributed by atoms with E-state index in [-0.39, 0.29) is 6.54 Å². The van der Waals surface area contributed by atoms with Gasteiger partial charge in [-0.05, 0) is 35.7 Å². The van der Waals surface area contributed by atoms with Crippen molar-refractivity contribution >= 4 is 29.0 Å². The minimum absolute atomic E-state index is 0.268. The molecule has 0 saturated heterocycles. The normalized spacial score (nSPS) is 13.7. The highest BCUT2D eigenvalue weighted by molar-refractivity contribution is 6.52. The lowest BCUT2D eigenvalue weighted by Crippen LogP contribution is -2.29. The van der Waals surface area contributed by atoms with E-state index in [4.69, 9.17) is 11.6 Å². The number of Topliss-reactive ketones (excluding diaryl/α,β-unsaturated/α-hetero) is 1. The number of nitrogens with zero attached hydrogens (tertiary/aromatic N) is 2. The third-order valence-electron chi connectivity index (χ3n) is 3.63. The minimum atomic E-state index is -0.508. The van der Waals surface area contributed by atoms with Gasteiger partial charge in [0.05, 0.1) is 22.8 Å². The van der Waals surface area contributed by atoms with Crippen LogP contribution in [0.3, 0.4) is 0 Å². The van der Waals surface area contributed by atoms with Crippen molar-refractivity contribution in [1.29, 1.82) is 0 Å². The van der Waals surface area contributed by atoms with Gasteiger partial charge in [0.2, 0.25) is 0 Å². The van der Waals surface area contributed by atoms with Gasteiger partial charge in [0.25, 0.3) is 11.7 Å². The van der Waals surface area contributed by atoms with Crippen molar-refractivity contribution in [3.05, 3.63) is 58.4 Å². The number of carbonyl (C=O) groups excluding carboxylic acids is 2. The van der Waals surface area contributed by atoms with Gasteiger partial charge >= 0.3 is 0 Å². The number of ketones is 1. The van der Waals surface area contributed by atoms with Gasteiger partial charge < -0.3 is 4.90 Å². The quantitative estimate of drug-likeness (QED) is 0.819. The van der Waals surface area contributed by atoms with Crippen LogP contribution in [-0.4, -0.2) is 16.7 Å². The van der Waals surface area contributed by atoms with Gasteiger partial charge in [0.15, 0.2) is 0 Å². The predicted octanol–water partition coefficient (Wildman–Crippen LogP) is 3.03. The van der Waals surface area contributed by atoms with Gasteiger partial charge in [-0.3, -0.25) is 14.6 Å². The molecule has 106 valence electrons. The summed E-state index contributed by atoms with van der Waals surface area (Å²) in [5.41, 5.74) is 2.93. The van der Waals surface area contributed by atoms with Crippen LogP contribution >= 0.6 is 11.6 Å². The fourth-order valence-electron chi connectivity index (χ4n) is 2.43. The summed E-state index contributed by atoms with van der Waals surface area (Å²) in [6.07, 6.45) is 3.97. The Morgan fingerprint density at radius 1 is 1.24 bits per heavy atom. The molecule has 0 spiro atoms. The third-order valence-corrected chi connectivity index (χ3v) is 3.97. The lowest BCUT2D eigenvalue weighted by molar-refractivity contribution is -0.114. The number of anilines is 1. The topological polar surface area (TPSA) is 50.3 Å². The lowest BCUT2D eigenvalue weighted by Gasteiger charge is -2.17. The van der Waals surface area contributed by atoms with Gasteiger partial charge in [0.1, 0.15) is 0 Å². The first-order valence-corrected chi connectivity index (χ1v) is 7.07. The molecular weight excluding hydrogens is 288 g/mol. The molecule has 0 atom stereocenters. The summed E-state index contributed by atoms with van der Waals surface area (Å²) >= 11 is 6.08. The Bertz CT molecular complexity index is 743. The average Bonchev–Trinajstić information content (AvgIpc) is 2.74. The number of amides is 1. The zero-order valence-corrected chi connectivity index (χ0v) is 12.2. The first-order chi connectivity index (χ1) is 10.1. The first-order valence-electron chi connectivity index (χ1n) is 6.69. The Hall–Kier alpha value is -2.20. The second kappa shape index (κ2) is 5.30. The predicted molar refractivity (Wildman–Crippen MR) is 80.6 cm³/mol. The van der Waals surface area contributed by atoms with Gasteiger partial charge in [0, 0.05) is 12.4 Å². The summed E-state index contributed by atoms with van der Waals surface area (Å²) in [6.45, 7) is 2.28. The van der Waals surface area contributed by atoms with E-state index in [1.54, 1.807) is 18.3 Å². The molecule has 1 aliphatic rings. The Labute approximate surface area is 127 Å². The fraction of sp³-hybridized carbons (Fsp3) is 0.188. The highest BCUT2D eigenvalue weighted by atomic mass is 35.5. The first kappa shape index (κ1) is 13.8. The standard InChI is InChI=1S/C16H13ClN2O2/c1-2-10-3-4-14-12(7-10)15(20)16(21)19(14)9-11-5-6-18-8-13(11)17/h3-8H,2,9H2,1H3. The van der Waals surface area contributed by atoms with Crippen molar-refractivity contribution in [3.63, 3.8) is 0 Å². The smallest absolute Gasteiger partial charge is 0.299 e. The molecule has 0 saturated carbocycles. The largest absolute Gasteiger partial charge is 0.300 e. The van der Waals surface area contributed by atoms with Crippen LogP contribution in [0.2, 0.25) is 5.02 Å². The molecule has 4 nitrogen and oxygen atoms in total. The lowest BCUT2D eigenvalue weighted by atomic mass is 10.1. The van der Waals surface area contributed by atoms with Crippen LogP contribution in [0.25, 0.3) is 0 Å². The molecule has 0 N–H and O–H groups in total. The highest BCUT2D eigenvalue weighted by Gasteiger charge is 2.35. The van der Waals surface area contributed by atoms with Crippen molar-refractivity contribution in [2.24, 2.45) is 0 Å². The molecular formula is C16H13ClN2O2. The molecule has 21 heavy (non-hydrogen) atoms. The number of pyridine rings is 1. The van der Waals surface area contributed by atoms with Gasteiger partial charge in [-0.1, -0.05) is 24.6 Å². The minimum Gasteiger partial charge on any atom is -0.300 e. The van der Waals surface area contributed by atoms with Gasteiger partial charge in [-0.15, -0.1) is 0 Å². The molecule has 0 fully saturated rings. The van der Waals surface area contributed by atoms with E-state index in [0.29, 0.717) is 16.3 Å². The van der Waals surface area contributed by atoms with E-state index in [0.717, 1.165) is 17.5 Å². The maximum absolute atomic E-state index is 12.2. The van der Waals surface area contributed by atoms with E-state index in [2.05, 4.69) is 4.98 Å². The van der Waals surface area contributed by atoms with Crippen LogP contribution in [0.1, 0.15) is 28.4 Å². The fourth-order valence-corrected chi connectivity index (χ4v) is 2.61. The molecule has 5 heteroatoms. The molecule has 2 aromatic rings. The average molecular weight is 301 g/mol. The van der Waals surface area contributed by atoms with Crippen molar-refractivity contribution < 1.29 is 9.59 Å². The zero-order chi connectivity index (χ0) is 15.0. The summed E-state index contributed by atoms with van der Waals surface area (Å²) < 4.78 is 0. The molecule has 0 unspecified atom stereocenters. The van der Waals surface area contributed by atoms with Crippen molar-refractivity contribution in [2.45, 2.75) is 19.9 Å². The Morgan fingerprint density at radius 3 is 2.76 bits per heavy atom. The number of aryl methyl sites for hydroxylation is 1. The number of carbonyl (C=O) groups is 2. The van der Waals surface area contributed by atoms with E-state index in [1.807, 2.05) is 19.1 Å².